The lowest BCUT2D eigenvalue weighted by atomic mass is 10.1. The van der Waals surface area contributed by atoms with Gasteiger partial charge in [-0.05, 0) is 52.9 Å². The van der Waals surface area contributed by atoms with Crippen molar-refractivity contribution in [1.29, 1.82) is 5.26 Å². The SMILES string of the molecule is COc1cc(C=C(C#N)C(=O)NCc2cccs2)ccc1OCc1ccc(F)cc1. The molecular formula is C23H19FN2O3S. The first-order valence-electron chi connectivity index (χ1n) is 9.06. The van der Waals surface area contributed by atoms with E-state index in [0.717, 1.165) is 10.4 Å². The fourth-order valence-corrected chi connectivity index (χ4v) is 3.27. The second-order valence-electron chi connectivity index (χ2n) is 6.26. The Morgan fingerprint density at radius 1 is 1.20 bits per heavy atom. The van der Waals surface area contributed by atoms with Gasteiger partial charge in [0.15, 0.2) is 11.5 Å². The maximum atomic E-state index is 13.0. The van der Waals surface area contributed by atoms with E-state index in [1.54, 1.807) is 30.3 Å². The topological polar surface area (TPSA) is 71.3 Å². The molecule has 7 heteroatoms. The zero-order valence-corrected chi connectivity index (χ0v) is 17.0. The lowest BCUT2D eigenvalue weighted by molar-refractivity contribution is -0.117. The molecule has 0 saturated heterocycles. The fraction of sp³-hybridized carbons (Fsp3) is 0.130. The van der Waals surface area contributed by atoms with Gasteiger partial charge >= 0.3 is 0 Å². The Morgan fingerprint density at radius 2 is 2.00 bits per heavy atom. The molecule has 0 radical (unpaired) electrons. The van der Waals surface area contributed by atoms with Gasteiger partial charge in [0.05, 0.1) is 13.7 Å². The first-order valence-corrected chi connectivity index (χ1v) is 9.94. The molecule has 0 saturated carbocycles. The van der Waals surface area contributed by atoms with Crippen molar-refractivity contribution in [3.05, 3.63) is 87.4 Å². The summed E-state index contributed by atoms with van der Waals surface area (Å²) in [7, 11) is 1.51. The lowest BCUT2D eigenvalue weighted by Crippen LogP contribution is -2.23. The zero-order chi connectivity index (χ0) is 21.3. The van der Waals surface area contributed by atoms with Gasteiger partial charge in [-0.1, -0.05) is 24.3 Å². The normalized spacial score (nSPS) is 10.9. The van der Waals surface area contributed by atoms with E-state index >= 15 is 0 Å². The summed E-state index contributed by atoms with van der Waals surface area (Å²) in [6, 6.07) is 16.9. The minimum atomic E-state index is -0.443. The van der Waals surface area contributed by atoms with Gasteiger partial charge in [0.25, 0.3) is 5.91 Å². The molecule has 1 aromatic heterocycles. The molecule has 0 aliphatic heterocycles. The number of nitrogens with zero attached hydrogens (tertiary/aromatic N) is 1. The van der Waals surface area contributed by atoms with E-state index in [1.807, 2.05) is 23.6 Å². The van der Waals surface area contributed by atoms with Crippen molar-refractivity contribution in [2.75, 3.05) is 7.11 Å². The van der Waals surface area contributed by atoms with Gasteiger partial charge in [0.1, 0.15) is 24.1 Å². The van der Waals surface area contributed by atoms with Crippen LogP contribution in [0.15, 0.2) is 65.6 Å². The number of carbonyl (C=O) groups excluding carboxylic acids is 1. The van der Waals surface area contributed by atoms with E-state index in [2.05, 4.69) is 5.32 Å². The summed E-state index contributed by atoms with van der Waals surface area (Å²) in [5, 5.41) is 14.0. The molecule has 2 aromatic carbocycles. The molecule has 0 aliphatic rings. The van der Waals surface area contributed by atoms with Crippen LogP contribution in [-0.2, 0) is 17.9 Å². The standard InChI is InChI=1S/C23H19FN2O3S/c1-28-22-12-17(6-9-21(22)29-15-16-4-7-19(24)8-5-16)11-18(13-25)23(27)26-14-20-3-2-10-30-20/h2-12H,14-15H2,1H3,(H,26,27). The number of ether oxygens (including phenoxy) is 2. The molecule has 0 unspecified atom stereocenters. The molecule has 0 spiro atoms. The molecule has 0 bridgehead atoms. The molecule has 3 rings (SSSR count). The van der Waals surface area contributed by atoms with Crippen LogP contribution in [0.25, 0.3) is 6.08 Å². The Bertz CT molecular complexity index is 1070. The Labute approximate surface area is 178 Å². The van der Waals surface area contributed by atoms with Crippen LogP contribution < -0.4 is 14.8 Å². The number of hydrogen-bond acceptors (Lipinski definition) is 5. The summed E-state index contributed by atoms with van der Waals surface area (Å²) >= 11 is 1.53. The van der Waals surface area contributed by atoms with Crippen LogP contribution in [0.1, 0.15) is 16.0 Å². The molecule has 5 nitrogen and oxygen atoms in total. The molecule has 3 aromatic rings. The Hall–Kier alpha value is -3.63. The largest absolute Gasteiger partial charge is 0.493 e. The predicted octanol–water partition coefficient (Wildman–Crippen LogP) is 4.70. The second-order valence-corrected chi connectivity index (χ2v) is 7.29. The van der Waals surface area contributed by atoms with Crippen LogP contribution in [0.3, 0.4) is 0 Å². The highest BCUT2D eigenvalue weighted by Crippen LogP contribution is 2.29. The minimum Gasteiger partial charge on any atom is -0.493 e. The van der Waals surface area contributed by atoms with Crippen LogP contribution >= 0.6 is 11.3 Å². The van der Waals surface area contributed by atoms with Gasteiger partial charge in [-0.3, -0.25) is 4.79 Å². The fourth-order valence-electron chi connectivity index (χ4n) is 2.63. The Morgan fingerprint density at radius 3 is 2.67 bits per heavy atom. The first kappa shape index (κ1) is 21.1. The number of carbonyl (C=O) groups is 1. The lowest BCUT2D eigenvalue weighted by Gasteiger charge is -2.11. The summed E-state index contributed by atoms with van der Waals surface area (Å²) in [6.07, 6.45) is 1.50. The molecule has 1 amide bonds. The summed E-state index contributed by atoms with van der Waals surface area (Å²) in [6.45, 7) is 0.620. The average Bonchev–Trinajstić information content (AvgIpc) is 3.29. The van der Waals surface area contributed by atoms with E-state index in [9.17, 15) is 14.4 Å². The third-order valence-electron chi connectivity index (χ3n) is 4.17. The van der Waals surface area contributed by atoms with E-state index in [0.29, 0.717) is 23.6 Å². The molecular weight excluding hydrogens is 403 g/mol. The number of nitrogens with one attached hydrogen (secondary N) is 1. The van der Waals surface area contributed by atoms with Crippen LogP contribution in [0, 0.1) is 17.1 Å². The molecule has 152 valence electrons. The molecule has 1 N–H and O–H groups in total. The van der Waals surface area contributed by atoms with E-state index < -0.39 is 5.91 Å². The van der Waals surface area contributed by atoms with E-state index in [-0.39, 0.29) is 18.0 Å². The smallest absolute Gasteiger partial charge is 0.262 e. The maximum absolute atomic E-state index is 13.0. The number of amides is 1. The molecule has 30 heavy (non-hydrogen) atoms. The van der Waals surface area contributed by atoms with Gasteiger partial charge in [-0.2, -0.15) is 5.26 Å². The van der Waals surface area contributed by atoms with Gasteiger partial charge in [-0.25, -0.2) is 4.39 Å². The van der Waals surface area contributed by atoms with Crippen molar-refractivity contribution in [1.82, 2.24) is 5.32 Å². The maximum Gasteiger partial charge on any atom is 0.262 e. The first-order chi connectivity index (χ1) is 14.6. The predicted molar refractivity (Wildman–Crippen MR) is 113 cm³/mol. The summed E-state index contributed by atoms with van der Waals surface area (Å²) in [5.74, 6) is 0.212. The molecule has 0 fully saturated rings. The second kappa shape index (κ2) is 10.2. The summed E-state index contributed by atoms with van der Waals surface area (Å²) < 4.78 is 24.1. The van der Waals surface area contributed by atoms with Crippen LogP contribution in [0.5, 0.6) is 11.5 Å². The third kappa shape index (κ3) is 5.69. The quantitative estimate of drug-likeness (QED) is 0.422. The van der Waals surface area contributed by atoms with Gasteiger partial charge < -0.3 is 14.8 Å². The Kier molecular flexibility index (Phi) is 7.19. The molecule has 0 aliphatic carbocycles. The van der Waals surface area contributed by atoms with Crippen molar-refractivity contribution in [3.63, 3.8) is 0 Å². The van der Waals surface area contributed by atoms with Crippen molar-refractivity contribution in [2.45, 2.75) is 13.2 Å². The number of thiophene rings is 1. The van der Waals surface area contributed by atoms with E-state index in [1.165, 1.54) is 36.7 Å². The Balaban J connectivity index is 1.69. The van der Waals surface area contributed by atoms with Crippen molar-refractivity contribution in [2.24, 2.45) is 0 Å². The summed E-state index contributed by atoms with van der Waals surface area (Å²) in [5.41, 5.74) is 1.44. The summed E-state index contributed by atoms with van der Waals surface area (Å²) in [4.78, 5) is 13.3. The minimum absolute atomic E-state index is 0.00594. The number of hydrogen-bond donors (Lipinski definition) is 1. The number of benzene rings is 2. The highest BCUT2D eigenvalue weighted by Gasteiger charge is 2.11. The number of rotatable bonds is 8. The highest BCUT2D eigenvalue weighted by molar-refractivity contribution is 7.09. The van der Waals surface area contributed by atoms with Crippen LogP contribution in [0.2, 0.25) is 0 Å². The van der Waals surface area contributed by atoms with Crippen LogP contribution in [-0.4, -0.2) is 13.0 Å². The highest BCUT2D eigenvalue weighted by atomic mass is 32.1. The van der Waals surface area contributed by atoms with Crippen molar-refractivity contribution >= 4 is 23.3 Å². The third-order valence-corrected chi connectivity index (χ3v) is 5.05. The van der Waals surface area contributed by atoms with Crippen molar-refractivity contribution < 1.29 is 18.7 Å². The number of nitriles is 1. The van der Waals surface area contributed by atoms with Gasteiger partial charge in [0, 0.05) is 4.88 Å². The molecule has 1 heterocycles. The van der Waals surface area contributed by atoms with Crippen LogP contribution in [0.4, 0.5) is 4.39 Å². The monoisotopic (exact) mass is 422 g/mol. The van der Waals surface area contributed by atoms with Crippen molar-refractivity contribution in [3.8, 4) is 17.6 Å². The number of methoxy groups -OCH3 is 1. The zero-order valence-electron chi connectivity index (χ0n) is 16.2. The molecule has 0 atom stereocenters. The number of halogens is 1. The van der Waals surface area contributed by atoms with Gasteiger partial charge in [0.2, 0.25) is 0 Å². The van der Waals surface area contributed by atoms with E-state index in [4.69, 9.17) is 9.47 Å². The van der Waals surface area contributed by atoms with Gasteiger partial charge in [-0.15, -0.1) is 11.3 Å². The average molecular weight is 422 g/mol.